The van der Waals surface area contributed by atoms with Gasteiger partial charge in [-0.3, -0.25) is 0 Å². The fourth-order valence-electron chi connectivity index (χ4n) is 3.33. The average molecular weight is 288 g/mol. The molecule has 0 saturated carbocycles. The lowest BCUT2D eigenvalue weighted by Crippen LogP contribution is -2.19. The highest BCUT2D eigenvalue weighted by atomic mass is 14.9. The van der Waals surface area contributed by atoms with E-state index in [0.717, 1.165) is 19.5 Å². The standard InChI is InChI=1S/C20H20N2/c1-22-14-19(16-9-11-21-12-10-16)18-13-17(7-8-20(18)22)15-5-3-2-4-6-15/h2-9,13-14,21H,10-12H2,1H3. The molecule has 110 valence electrons. The van der Waals surface area contributed by atoms with Crippen molar-refractivity contribution in [3.63, 3.8) is 0 Å². The Morgan fingerprint density at radius 2 is 1.86 bits per heavy atom. The Labute approximate surface area is 131 Å². The molecular weight excluding hydrogens is 268 g/mol. The van der Waals surface area contributed by atoms with Crippen molar-refractivity contribution in [3.05, 3.63) is 66.4 Å². The summed E-state index contributed by atoms with van der Waals surface area (Å²) in [5.74, 6) is 0. The minimum absolute atomic E-state index is 0.976. The lowest BCUT2D eigenvalue weighted by molar-refractivity contribution is 0.738. The maximum atomic E-state index is 3.39. The Bertz CT molecular complexity index is 841. The highest BCUT2D eigenvalue weighted by Crippen LogP contribution is 2.32. The van der Waals surface area contributed by atoms with Crippen LogP contribution >= 0.6 is 0 Å². The fraction of sp³-hybridized carbons (Fsp3) is 0.200. The molecule has 0 aliphatic carbocycles. The van der Waals surface area contributed by atoms with Gasteiger partial charge >= 0.3 is 0 Å². The number of nitrogens with one attached hydrogen (secondary N) is 1. The summed E-state index contributed by atoms with van der Waals surface area (Å²) >= 11 is 0. The number of hydrogen-bond donors (Lipinski definition) is 1. The van der Waals surface area contributed by atoms with E-state index in [4.69, 9.17) is 0 Å². The van der Waals surface area contributed by atoms with Crippen molar-refractivity contribution in [2.45, 2.75) is 6.42 Å². The van der Waals surface area contributed by atoms with Crippen LogP contribution in [0.5, 0.6) is 0 Å². The van der Waals surface area contributed by atoms with Crippen LogP contribution in [0.1, 0.15) is 12.0 Å². The largest absolute Gasteiger partial charge is 0.350 e. The number of rotatable bonds is 2. The summed E-state index contributed by atoms with van der Waals surface area (Å²) in [5.41, 5.74) is 6.72. The van der Waals surface area contributed by atoms with Crippen LogP contribution in [0.3, 0.4) is 0 Å². The van der Waals surface area contributed by atoms with E-state index < -0.39 is 0 Å². The van der Waals surface area contributed by atoms with Gasteiger partial charge in [-0.25, -0.2) is 0 Å². The van der Waals surface area contributed by atoms with Crippen LogP contribution in [-0.2, 0) is 7.05 Å². The number of aromatic nitrogens is 1. The molecule has 1 N–H and O–H groups in total. The van der Waals surface area contributed by atoms with E-state index in [9.17, 15) is 0 Å². The van der Waals surface area contributed by atoms with Crippen molar-refractivity contribution >= 4 is 16.5 Å². The van der Waals surface area contributed by atoms with Gasteiger partial charge in [0, 0.05) is 36.3 Å². The van der Waals surface area contributed by atoms with Crippen LogP contribution in [0, 0.1) is 0 Å². The quantitative estimate of drug-likeness (QED) is 0.747. The fourth-order valence-corrected chi connectivity index (χ4v) is 3.33. The van der Waals surface area contributed by atoms with Gasteiger partial charge in [-0.05, 0) is 41.8 Å². The average Bonchev–Trinajstić information content (AvgIpc) is 2.93. The predicted molar refractivity (Wildman–Crippen MR) is 93.8 cm³/mol. The zero-order chi connectivity index (χ0) is 14.9. The lowest BCUT2D eigenvalue weighted by atomic mass is 9.97. The van der Waals surface area contributed by atoms with Crippen molar-refractivity contribution in [2.75, 3.05) is 13.1 Å². The van der Waals surface area contributed by atoms with Gasteiger partial charge in [0.1, 0.15) is 0 Å². The van der Waals surface area contributed by atoms with Gasteiger partial charge in [0.05, 0.1) is 0 Å². The molecule has 0 fully saturated rings. The number of aryl methyl sites for hydroxylation is 1. The van der Waals surface area contributed by atoms with Gasteiger partial charge in [0.15, 0.2) is 0 Å². The minimum atomic E-state index is 0.976. The highest BCUT2D eigenvalue weighted by molar-refractivity contribution is 5.96. The third-order valence-corrected chi connectivity index (χ3v) is 4.51. The van der Waals surface area contributed by atoms with Crippen LogP contribution in [-0.4, -0.2) is 17.7 Å². The van der Waals surface area contributed by atoms with E-state index in [1.165, 1.54) is 33.2 Å². The molecule has 2 nitrogen and oxygen atoms in total. The lowest BCUT2D eigenvalue weighted by Gasteiger charge is -2.13. The van der Waals surface area contributed by atoms with Gasteiger partial charge in [-0.2, -0.15) is 0 Å². The Morgan fingerprint density at radius 1 is 1.00 bits per heavy atom. The van der Waals surface area contributed by atoms with Crippen molar-refractivity contribution in [1.29, 1.82) is 0 Å². The molecule has 2 heterocycles. The van der Waals surface area contributed by atoms with Crippen LogP contribution < -0.4 is 5.32 Å². The number of nitrogens with zero attached hydrogens (tertiary/aromatic N) is 1. The van der Waals surface area contributed by atoms with Gasteiger partial charge in [-0.1, -0.05) is 42.5 Å². The molecule has 0 unspecified atom stereocenters. The number of hydrogen-bond acceptors (Lipinski definition) is 1. The van der Waals surface area contributed by atoms with Crippen LogP contribution in [0.2, 0.25) is 0 Å². The van der Waals surface area contributed by atoms with Crippen molar-refractivity contribution < 1.29 is 0 Å². The third-order valence-electron chi connectivity index (χ3n) is 4.51. The molecule has 1 aliphatic heterocycles. The summed E-state index contributed by atoms with van der Waals surface area (Å²) in [7, 11) is 2.13. The molecule has 0 atom stereocenters. The van der Waals surface area contributed by atoms with Crippen LogP contribution in [0.25, 0.3) is 27.6 Å². The van der Waals surface area contributed by atoms with E-state index in [0.29, 0.717) is 0 Å². The van der Waals surface area contributed by atoms with E-state index in [1.807, 2.05) is 0 Å². The minimum Gasteiger partial charge on any atom is -0.350 e. The Morgan fingerprint density at radius 3 is 2.64 bits per heavy atom. The predicted octanol–water partition coefficient (Wildman–Crippen LogP) is 4.22. The maximum Gasteiger partial charge on any atom is 0.0484 e. The molecule has 3 aromatic rings. The van der Waals surface area contributed by atoms with Crippen molar-refractivity contribution in [3.8, 4) is 11.1 Å². The molecule has 0 radical (unpaired) electrons. The molecule has 0 amide bonds. The SMILES string of the molecule is Cn1cc(C2=CCNCC2)c2cc(-c3ccccc3)ccc21. The summed E-state index contributed by atoms with van der Waals surface area (Å²) in [6, 6.07) is 17.4. The molecule has 2 aromatic carbocycles. The maximum absolute atomic E-state index is 3.39. The summed E-state index contributed by atoms with van der Waals surface area (Å²) in [4.78, 5) is 0. The Kier molecular flexibility index (Phi) is 3.32. The van der Waals surface area contributed by atoms with Gasteiger partial charge < -0.3 is 9.88 Å². The topological polar surface area (TPSA) is 17.0 Å². The highest BCUT2D eigenvalue weighted by Gasteiger charge is 2.13. The summed E-state index contributed by atoms with van der Waals surface area (Å²) in [6.45, 7) is 2.05. The first-order valence-corrected chi connectivity index (χ1v) is 7.87. The second-order valence-corrected chi connectivity index (χ2v) is 5.94. The van der Waals surface area contributed by atoms with Gasteiger partial charge in [0.2, 0.25) is 0 Å². The molecular formula is C20H20N2. The zero-order valence-electron chi connectivity index (χ0n) is 12.8. The van der Waals surface area contributed by atoms with E-state index in [1.54, 1.807) is 0 Å². The summed E-state index contributed by atoms with van der Waals surface area (Å²) in [6.07, 6.45) is 5.71. The Hall–Kier alpha value is -2.32. The second-order valence-electron chi connectivity index (χ2n) is 5.94. The van der Waals surface area contributed by atoms with Gasteiger partial charge in [-0.15, -0.1) is 0 Å². The summed E-state index contributed by atoms with van der Waals surface area (Å²) < 4.78 is 2.24. The van der Waals surface area contributed by atoms with Crippen molar-refractivity contribution in [1.82, 2.24) is 9.88 Å². The van der Waals surface area contributed by atoms with Crippen molar-refractivity contribution in [2.24, 2.45) is 7.05 Å². The molecule has 0 spiro atoms. The Balaban J connectivity index is 1.89. The zero-order valence-corrected chi connectivity index (χ0v) is 12.8. The van der Waals surface area contributed by atoms with E-state index >= 15 is 0 Å². The van der Waals surface area contributed by atoms with Crippen LogP contribution in [0.4, 0.5) is 0 Å². The monoisotopic (exact) mass is 288 g/mol. The van der Waals surface area contributed by atoms with E-state index in [2.05, 4.69) is 77.7 Å². The third kappa shape index (κ3) is 2.26. The molecule has 22 heavy (non-hydrogen) atoms. The first kappa shape index (κ1) is 13.4. The smallest absolute Gasteiger partial charge is 0.0484 e. The first-order valence-electron chi connectivity index (χ1n) is 7.87. The molecule has 2 heteroatoms. The normalized spacial score (nSPS) is 15.0. The molecule has 1 aliphatic rings. The number of fused-ring (bicyclic) bond motifs is 1. The number of benzene rings is 2. The second kappa shape index (κ2) is 5.47. The first-order chi connectivity index (χ1) is 10.8. The molecule has 1 aromatic heterocycles. The van der Waals surface area contributed by atoms with Crippen LogP contribution in [0.15, 0.2) is 60.8 Å². The molecule has 4 rings (SSSR count). The van der Waals surface area contributed by atoms with E-state index in [-0.39, 0.29) is 0 Å². The molecule has 0 bridgehead atoms. The van der Waals surface area contributed by atoms with Gasteiger partial charge in [0.25, 0.3) is 0 Å². The summed E-state index contributed by atoms with van der Waals surface area (Å²) in [5, 5.41) is 4.75. The molecule has 0 saturated heterocycles.